The summed E-state index contributed by atoms with van der Waals surface area (Å²) in [6, 6.07) is 17.7. The predicted octanol–water partition coefficient (Wildman–Crippen LogP) is 5.49. The number of carbonyl (C=O) groups is 3. The summed E-state index contributed by atoms with van der Waals surface area (Å²) in [4.78, 5) is 39.1. The molecule has 1 aliphatic rings. The second kappa shape index (κ2) is 12.3. The smallest absolute Gasteiger partial charge is 0.293 e. The highest BCUT2D eigenvalue weighted by Gasteiger charge is 2.35. The fourth-order valence-corrected chi connectivity index (χ4v) is 4.47. The Balaban J connectivity index is 1.41. The largest absolute Gasteiger partial charge is 0.493 e. The monoisotopic (exact) mass is 536 g/mol. The van der Waals surface area contributed by atoms with Gasteiger partial charge in [-0.2, -0.15) is 0 Å². The molecule has 0 radical (unpaired) electrons. The van der Waals surface area contributed by atoms with Crippen LogP contribution in [0.4, 0.5) is 14.9 Å². The van der Waals surface area contributed by atoms with Gasteiger partial charge in [0.25, 0.3) is 17.1 Å². The van der Waals surface area contributed by atoms with Gasteiger partial charge >= 0.3 is 0 Å². The summed E-state index contributed by atoms with van der Waals surface area (Å²) < 4.78 is 29.7. The van der Waals surface area contributed by atoms with Crippen molar-refractivity contribution in [2.24, 2.45) is 0 Å². The highest BCUT2D eigenvalue weighted by atomic mass is 32.2. The van der Waals surface area contributed by atoms with E-state index in [0.717, 1.165) is 16.7 Å². The Labute approximate surface area is 223 Å². The van der Waals surface area contributed by atoms with Crippen LogP contribution in [0.15, 0.2) is 71.6 Å². The van der Waals surface area contributed by atoms with Crippen LogP contribution in [0, 0.1) is 5.82 Å². The number of halogens is 1. The number of thioether (sulfide) groups is 1. The Hall–Kier alpha value is -4.31. The van der Waals surface area contributed by atoms with Gasteiger partial charge in [0.05, 0.1) is 30.9 Å². The quantitative estimate of drug-likeness (QED) is 0.343. The molecule has 1 N–H and O–H groups in total. The van der Waals surface area contributed by atoms with Crippen molar-refractivity contribution in [3.63, 3.8) is 0 Å². The average molecular weight is 537 g/mol. The molecule has 0 spiro atoms. The topological polar surface area (TPSA) is 94.2 Å². The van der Waals surface area contributed by atoms with Crippen LogP contribution in [0.3, 0.4) is 0 Å². The van der Waals surface area contributed by atoms with E-state index >= 15 is 0 Å². The number of rotatable bonds is 10. The minimum absolute atomic E-state index is 0.0511. The summed E-state index contributed by atoms with van der Waals surface area (Å²) in [7, 11) is 1.46. The Kier molecular flexibility index (Phi) is 8.65. The Morgan fingerprint density at radius 1 is 1.00 bits per heavy atom. The van der Waals surface area contributed by atoms with Gasteiger partial charge in [-0.15, -0.1) is 0 Å². The van der Waals surface area contributed by atoms with Gasteiger partial charge in [0.2, 0.25) is 0 Å². The van der Waals surface area contributed by atoms with Crippen LogP contribution >= 0.6 is 11.8 Å². The first-order valence-electron chi connectivity index (χ1n) is 11.7. The molecular formula is C28H25FN2O6S. The lowest BCUT2D eigenvalue weighted by molar-refractivity contribution is -0.123. The maximum atomic E-state index is 13.2. The molecule has 1 fully saturated rings. The number of nitrogens with zero attached hydrogens (tertiary/aromatic N) is 1. The van der Waals surface area contributed by atoms with E-state index in [9.17, 15) is 18.8 Å². The number of ether oxygens (including phenoxy) is 3. The van der Waals surface area contributed by atoms with E-state index in [1.54, 1.807) is 42.5 Å². The lowest BCUT2D eigenvalue weighted by Gasteiger charge is -2.13. The third-order valence-corrected chi connectivity index (χ3v) is 6.34. The van der Waals surface area contributed by atoms with Crippen molar-refractivity contribution in [1.29, 1.82) is 0 Å². The summed E-state index contributed by atoms with van der Waals surface area (Å²) in [5.74, 6) is 0.0453. The zero-order valence-corrected chi connectivity index (χ0v) is 21.5. The molecule has 0 aliphatic carbocycles. The fourth-order valence-electron chi connectivity index (χ4n) is 3.63. The number of imide groups is 1. The molecule has 1 saturated heterocycles. The molecule has 3 aromatic rings. The third-order valence-electron chi connectivity index (χ3n) is 5.43. The molecular weight excluding hydrogens is 511 g/mol. The van der Waals surface area contributed by atoms with Crippen molar-refractivity contribution in [2.75, 3.05) is 25.6 Å². The molecule has 0 atom stereocenters. The third kappa shape index (κ3) is 6.51. The fraction of sp³-hybridized carbons (Fsp3) is 0.179. The van der Waals surface area contributed by atoms with Crippen molar-refractivity contribution in [3.05, 3.63) is 88.6 Å². The maximum absolute atomic E-state index is 13.2. The first-order valence-corrected chi connectivity index (χ1v) is 12.5. The molecule has 8 nitrogen and oxygen atoms in total. The minimum atomic E-state index is -0.437. The van der Waals surface area contributed by atoms with Crippen molar-refractivity contribution in [2.45, 2.75) is 13.5 Å². The molecule has 3 amide bonds. The molecule has 3 aromatic carbocycles. The van der Waals surface area contributed by atoms with Crippen molar-refractivity contribution < 1.29 is 33.0 Å². The van der Waals surface area contributed by atoms with Gasteiger partial charge in [0.15, 0.2) is 18.1 Å². The SMILES string of the molecule is CCOc1ccccc1NC(=O)COc1ccc(/C=C2/SC(=O)N(Cc3ccc(F)cc3)C2=O)cc1OC. The van der Waals surface area contributed by atoms with Crippen molar-refractivity contribution in [3.8, 4) is 17.2 Å². The molecule has 38 heavy (non-hydrogen) atoms. The highest BCUT2D eigenvalue weighted by molar-refractivity contribution is 8.18. The number of amides is 3. The molecule has 0 saturated carbocycles. The van der Waals surface area contributed by atoms with E-state index in [1.165, 1.54) is 31.4 Å². The molecule has 1 heterocycles. The van der Waals surface area contributed by atoms with E-state index < -0.39 is 17.0 Å². The van der Waals surface area contributed by atoms with E-state index in [4.69, 9.17) is 14.2 Å². The minimum Gasteiger partial charge on any atom is -0.493 e. The van der Waals surface area contributed by atoms with Gasteiger partial charge in [0.1, 0.15) is 11.6 Å². The van der Waals surface area contributed by atoms with Gasteiger partial charge in [-0.25, -0.2) is 4.39 Å². The Morgan fingerprint density at radius 2 is 1.76 bits per heavy atom. The zero-order chi connectivity index (χ0) is 27.1. The number of para-hydroxylation sites is 2. The maximum Gasteiger partial charge on any atom is 0.293 e. The second-order valence-corrected chi connectivity index (χ2v) is 9.06. The lowest BCUT2D eigenvalue weighted by atomic mass is 10.1. The highest BCUT2D eigenvalue weighted by Crippen LogP contribution is 2.35. The van der Waals surface area contributed by atoms with Gasteiger partial charge < -0.3 is 19.5 Å². The van der Waals surface area contributed by atoms with Crippen LogP contribution in [0.1, 0.15) is 18.1 Å². The second-order valence-electron chi connectivity index (χ2n) is 8.07. The molecule has 4 rings (SSSR count). The molecule has 10 heteroatoms. The first kappa shape index (κ1) is 26.7. The number of hydrogen-bond donors (Lipinski definition) is 1. The summed E-state index contributed by atoms with van der Waals surface area (Å²) in [5, 5.41) is 2.35. The normalized spacial score (nSPS) is 14.1. The van der Waals surface area contributed by atoms with Gasteiger partial charge in [-0.1, -0.05) is 30.3 Å². The Morgan fingerprint density at radius 3 is 2.50 bits per heavy atom. The van der Waals surface area contributed by atoms with Crippen LogP contribution in [0.2, 0.25) is 0 Å². The van der Waals surface area contributed by atoms with E-state index in [-0.39, 0.29) is 24.0 Å². The summed E-state index contributed by atoms with van der Waals surface area (Å²) >= 11 is 0.826. The summed E-state index contributed by atoms with van der Waals surface area (Å²) in [5.41, 5.74) is 1.79. The van der Waals surface area contributed by atoms with E-state index in [2.05, 4.69) is 5.32 Å². The first-order chi connectivity index (χ1) is 18.4. The summed E-state index contributed by atoms with van der Waals surface area (Å²) in [6.45, 7) is 2.11. The number of benzene rings is 3. The van der Waals surface area contributed by atoms with Crippen LogP contribution in [0.5, 0.6) is 17.2 Å². The predicted molar refractivity (Wildman–Crippen MR) is 143 cm³/mol. The average Bonchev–Trinajstić information content (AvgIpc) is 3.17. The zero-order valence-electron chi connectivity index (χ0n) is 20.7. The van der Waals surface area contributed by atoms with E-state index in [1.807, 2.05) is 13.0 Å². The number of carbonyl (C=O) groups excluding carboxylic acids is 3. The number of hydrogen-bond acceptors (Lipinski definition) is 7. The number of methoxy groups -OCH3 is 1. The standard InChI is InChI=1S/C28H25FN2O6S/c1-3-36-22-7-5-4-6-21(22)30-26(32)17-37-23-13-10-19(14-24(23)35-2)15-25-27(33)31(28(34)38-25)16-18-8-11-20(29)12-9-18/h4-15H,3,16-17H2,1-2H3,(H,30,32)/b25-15+. The molecule has 1 aliphatic heterocycles. The Bertz CT molecular complexity index is 1380. The molecule has 0 aromatic heterocycles. The van der Waals surface area contributed by atoms with Crippen LogP contribution < -0.4 is 19.5 Å². The van der Waals surface area contributed by atoms with Crippen LogP contribution in [0.25, 0.3) is 6.08 Å². The van der Waals surface area contributed by atoms with Crippen LogP contribution in [-0.2, 0) is 16.1 Å². The van der Waals surface area contributed by atoms with E-state index in [0.29, 0.717) is 40.7 Å². The molecule has 0 bridgehead atoms. The van der Waals surface area contributed by atoms with Crippen molar-refractivity contribution in [1.82, 2.24) is 4.90 Å². The van der Waals surface area contributed by atoms with Crippen LogP contribution in [-0.4, -0.2) is 42.3 Å². The molecule has 0 unspecified atom stereocenters. The lowest BCUT2D eigenvalue weighted by Crippen LogP contribution is -2.27. The summed E-state index contributed by atoms with van der Waals surface area (Å²) in [6.07, 6.45) is 1.58. The van der Waals surface area contributed by atoms with Gasteiger partial charge in [-0.3, -0.25) is 19.3 Å². The van der Waals surface area contributed by atoms with Gasteiger partial charge in [0, 0.05) is 0 Å². The van der Waals surface area contributed by atoms with Gasteiger partial charge in [-0.05, 0) is 72.3 Å². The van der Waals surface area contributed by atoms with Crippen molar-refractivity contribution >= 4 is 40.6 Å². The molecule has 196 valence electrons. The number of nitrogens with one attached hydrogen (secondary N) is 1. The number of anilines is 1.